The molecule has 1 aliphatic rings. The number of para-hydroxylation sites is 1. The number of rotatable bonds is 5. The summed E-state index contributed by atoms with van der Waals surface area (Å²) in [6.07, 6.45) is 2.41. The van der Waals surface area contributed by atoms with Gasteiger partial charge in [-0.05, 0) is 51.5 Å². The molecule has 1 unspecified atom stereocenters. The molecule has 1 heterocycles. The Labute approximate surface area is 137 Å². The summed E-state index contributed by atoms with van der Waals surface area (Å²) in [6, 6.07) is 8.57. The molecule has 0 aromatic heterocycles. The normalized spacial score (nSPS) is 18.7. The quantitative estimate of drug-likeness (QED) is 0.866. The largest absolute Gasteiger partial charge is 0.325 e. The van der Waals surface area contributed by atoms with E-state index in [0.717, 1.165) is 19.6 Å². The number of piperidine rings is 1. The first-order valence-corrected chi connectivity index (χ1v) is 8.06. The van der Waals surface area contributed by atoms with Crippen LogP contribution >= 0.6 is 0 Å². The van der Waals surface area contributed by atoms with Gasteiger partial charge in [-0.3, -0.25) is 15.0 Å². The first kappa shape index (κ1) is 17.4. The number of urea groups is 1. The maximum atomic E-state index is 11.9. The highest BCUT2D eigenvalue weighted by atomic mass is 16.2. The third-order valence-corrected chi connectivity index (χ3v) is 3.99. The van der Waals surface area contributed by atoms with Crippen LogP contribution in [-0.2, 0) is 4.79 Å². The molecule has 1 fully saturated rings. The molecule has 1 aliphatic heterocycles. The molecule has 6 heteroatoms. The van der Waals surface area contributed by atoms with Crippen molar-refractivity contribution in [1.82, 2.24) is 15.1 Å². The van der Waals surface area contributed by atoms with Crippen LogP contribution in [0.2, 0.25) is 0 Å². The van der Waals surface area contributed by atoms with E-state index in [2.05, 4.69) is 22.6 Å². The number of amides is 3. The summed E-state index contributed by atoms with van der Waals surface area (Å²) >= 11 is 0. The highest BCUT2D eigenvalue weighted by Crippen LogP contribution is 2.15. The molecule has 1 atom stereocenters. The predicted molar refractivity (Wildman–Crippen MR) is 91.3 cm³/mol. The van der Waals surface area contributed by atoms with Crippen LogP contribution in [-0.4, -0.2) is 62.0 Å². The van der Waals surface area contributed by atoms with Crippen molar-refractivity contribution in [3.63, 3.8) is 0 Å². The average molecular weight is 318 g/mol. The van der Waals surface area contributed by atoms with Gasteiger partial charge in [0.15, 0.2) is 0 Å². The summed E-state index contributed by atoms with van der Waals surface area (Å²) in [5, 5.41) is 5.00. The Kier molecular flexibility index (Phi) is 6.55. The molecule has 0 bridgehead atoms. The molecule has 0 spiro atoms. The van der Waals surface area contributed by atoms with E-state index in [4.69, 9.17) is 0 Å². The monoisotopic (exact) mass is 318 g/mol. The van der Waals surface area contributed by atoms with E-state index in [1.165, 1.54) is 12.8 Å². The van der Waals surface area contributed by atoms with Gasteiger partial charge in [0.1, 0.15) is 0 Å². The number of nitrogens with one attached hydrogen (secondary N) is 2. The topological polar surface area (TPSA) is 64.7 Å². The Bertz CT molecular complexity index is 521. The van der Waals surface area contributed by atoms with Crippen LogP contribution in [0.25, 0.3) is 0 Å². The zero-order chi connectivity index (χ0) is 16.7. The zero-order valence-corrected chi connectivity index (χ0v) is 13.9. The average Bonchev–Trinajstić information content (AvgIpc) is 2.47. The van der Waals surface area contributed by atoms with Crippen molar-refractivity contribution in [2.75, 3.05) is 45.6 Å². The fourth-order valence-corrected chi connectivity index (χ4v) is 3.02. The van der Waals surface area contributed by atoms with Crippen molar-refractivity contribution in [2.24, 2.45) is 5.92 Å². The Hall–Kier alpha value is -1.92. The van der Waals surface area contributed by atoms with Crippen LogP contribution in [0.15, 0.2) is 30.3 Å². The van der Waals surface area contributed by atoms with Gasteiger partial charge in [-0.2, -0.15) is 0 Å². The number of likely N-dealkylation sites (N-methyl/N-ethyl adjacent to an activating group) is 1. The summed E-state index contributed by atoms with van der Waals surface area (Å²) in [4.78, 5) is 28.0. The van der Waals surface area contributed by atoms with E-state index >= 15 is 0 Å². The smallest absolute Gasteiger partial charge is 0.308 e. The second kappa shape index (κ2) is 8.64. The molecular formula is C17H26N4O2. The number of nitrogens with zero attached hydrogens (tertiary/aromatic N) is 2. The maximum absolute atomic E-state index is 11.9. The Morgan fingerprint density at radius 3 is 2.74 bits per heavy atom. The highest BCUT2D eigenvalue weighted by Gasteiger charge is 2.20. The van der Waals surface area contributed by atoms with Crippen molar-refractivity contribution in [2.45, 2.75) is 12.8 Å². The van der Waals surface area contributed by atoms with E-state index < -0.39 is 6.03 Å². The summed E-state index contributed by atoms with van der Waals surface area (Å²) in [5.74, 6) is 0.301. The zero-order valence-electron chi connectivity index (χ0n) is 13.9. The minimum Gasteiger partial charge on any atom is -0.308 e. The van der Waals surface area contributed by atoms with E-state index in [-0.39, 0.29) is 12.5 Å². The molecule has 1 aromatic rings. The first-order valence-electron chi connectivity index (χ1n) is 8.06. The van der Waals surface area contributed by atoms with Gasteiger partial charge in [-0.25, -0.2) is 4.79 Å². The van der Waals surface area contributed by atoms with Gasteiger partial charge in [0, 0.05) is 18.8 Å². The van der Waals surface area contributed by atoms with E-state index in [9.17, 15) is 9.59 Å². The van der Waals surface area contributed by atoms with E-state index in [1.54, 1.807) is 12.1 Å². The minimum atomic E-state index is -0.494. The molecule has 2 rings (SSSR count). The Balaban J connectivity index is 1.70. The lowest BCUT2D eigenvalue weighted by molar-refractivity contribution is -0.120. The van der Waals surface area contributed by atoms with Crippen LogP contribution < -0.4 is 10.6 Å². The Morgan fingerprint density at radius 1 is 1.30 bits per heavy atom. The number of likely N-dealkylation sites (tertiary alicyclic amines) is 1. The first-order chi connectivity index (χ1) is 11.0. The van der Waals surface area contributed by atoms with Crippen LogP contribution in [0.3, 0.4) is 0 Å². The number of benzene rings is 1. The number of carbonyl (C=O) groups is 2. The fourth-order valence-electron chi connectivity index (χ4n) is 3.02. The van der Waals surface area contributed by atoms with Crippen LogP contribution in [0.1, 0.15) is 12.8 Å². The van der Waals surface area contributed by atoms with Crippen molar-refractivity contribution >= 4 is 17.6 Å². The minimum absolute atomic E-state index is 0.225. The number of hydrogen-bond acceptors (Lipinski definition) is 4. The molecule has 0 radical (unpaired) electrons. The molecule has 2 N–H and O–H groups in total. The third-order valence-electron chi connectivity index (χ3n) is 3.99. The molecule has 23 heavy (non-hydrogen) atoms. The summed E-state index contributed by atoms with van der Waals surface area (Å²) in [6.45, 7) is 3.32. The predicted octanol–water partition coefficient (Wildman–Crippen LogP) is 1.61. The standard InChI is InChI=1S/C17H26N4O2/c1-20-10-6-7-14(11-20)12-21(2)13-16(22)19-17(23)18-15-8-4-3-5-9-15/h3-5,8-9,14H,6-7,10-13H2,1-2H3,(H2,18,19,22,23). The molecular weight excluding hydrogens is 292 g/mol. The van der Waals surface area contributed by atoms with Gasteiger partial charge in [-0.1, -0.05) is 18.2 Å². The molecule has 1 aromatic carbocycles. The van der Waals surface area contributed by atoms with Gasteiger partial charge in [0.2, 0.25) is 5.91 Å². The lowest BCUT2D eigenvalue weighted by Crippen LogP contribution is -2.43. The lowest BCUT2D eigenvalue weighted by atomic mass is 9.98. The highest BCUT2D eigenvalue weighted by molar-refractivity contribution is 6.01. The summed E-state index contributed by atoms with van der Waals surface area (Å²) < 4.78 is 0. The molecule has 6 nitrogen and oxygen atoms in total. The van der Waals surface area contributed by atoms with Gasteiger partial charge in [0.05, 0.1) is 6.54 Å². The number of anilines is 1. The fraction of sp³-hybridized carbons (Fsp3) is 0.529. The van der Waals surface area contributed by atoms with Gasteiger partial charge >= 0.3 is 6.03 Å². The third kappa shape index (κ3) is 6.38. The number of hydrogen-bond donors (Lipinski definition) is 2. The Morgan fingerprint density at radius 2 is 2.04 bits per heavy atom. The van der Waals surface area contributed by atoms with Gasteiger partial charge in [-0.15, -0.1) is 0 Å². The summed E-state index contributed by atoms with van der Waals surface area (Å²) in [7, 11) is 4.05. The number of imide groups is 1. The summed E-state index contributed by atoms with van der Waals surface area (Å²) in [5.41, 5.74) is 0.663. The second-order valence-electron chi connectivity index (χ2n) is 6.34. The molecule has 1 saturated heterocycles. The van der Waals surface area contributed by atoms with Crippen molar-refractivity contribution < 1.29 is 9.59 Å². The number of carbonyl (C=O) groups excluding carboxylic acids is 2. The molecule has 3 amide bonds. The second-order valence-corrected chi connectivity index (χ2v) is 6.34. The molecule has 0 aliphatic carbocycles. The van der Waals surface area contributed by atoms with Crippen molar-refractivity contribution in [3.05, 3.63) is 30.3 Å². The molecule has 0 saturated carbocycles. The molecule has 126 valence electrons. The van der Waals surface area contributed by atoms with Gasteiger partial charge in [0.25, 0.3) is 0 Å². The van der Waals surface area contributed by atoms with Crippen LogP contribution in [0, 0.1) is 5.92 Å². The van der Waals surface area contributed by atoms with Crippen molar-refractivity contribution in [3.8, 4) is 0 Å². The van der Waals surface area contributed by atoms with Gasteiger partial charge < -0.3 is 10.2 Å². The van der Waals surface area contributed by atoms with Crippen molar-refractivity contribution in [1.29, 1.82) is 0 Å². The van der Waals surface area contributed by atoms with Crippen LogP contribution in [0.4, 0.5) is 10.5 Å². The van der Waals surface area contributed by atoms with Crippen LogP contribution in [0.5, 0.6) is 0 Å². The lowest BCUT2D eigenvalue weighted by Gasteiger charge is -2.32. The SMILES string of the molecule is CN1CCCC(CN(C)CC(=O)NC(=O)Nc2ccccc2)C1. The van der Waals surface area contributed by atoms with E-state index in [0.29, 0.717) is 11.6 Å². The maximum Gasteiger partial charge on any atom is 0.325 e. The van der Waals surface area contributed by atoms with E-state index in [1.807, 2.05) is 30.1 Å².